The molecule has 0 unspecified atom stereocenters. The van der Waals surface area contributed by atoms with Crippen LogP contribution in [0.4, 0.5) is 13.2 Å². The van der Waals surface area contributed by atoms with Crippen LogP contribution in [-0.2, 0) is 19.9 Å². The average molecular weight is 374 g/mol. The van der Waals surface area contributed by atoms with Crippen molar-refractivity contribution in [1.82, 2.24) is 10.2 Å². The largest absolute Gasteiger partial charge is 0.430 e. The lowest BCUT2D eigenvalue weighted by atomic mass is 9.85. The molecule has 0 aliphatic carbocycles. The summed E-state index contributed by atoms with van der Waals surface area (Å²) in [6.45, 7) is 0.658. The van der Waals surface area contributed by atoms with Crippen LogP contribution in [0.2, 0.25) is 0 Å². The molecule has 144 valence electrons. The second-order valence-electron chi connectivity index (χ2n) is 6.40. The van der Waals surface area contributed by atoms with Gasteiger partial charge >= 0.3 is 6.18 Å². The monoisotopic (exact) mass is 374 g/mol. The minimum atomic E-state index is -4.94. The van der Waals surface area contributed by atoms with Crippen LogP contribution in [-0.4, -0.2) is 55.1 Å². The number of nitrogens with one attached hydrogen (secondary N) is 1. The predicted molar refractivity (Wildman–Crippen MR) is 86.0 cm³/mol. The van der Waals surface area contributed by atoms with Crippen molar-refractivity contribution >= 4 is 11.8 Å². The highest BCUT2D eigenvalue weighted by atomic mass is 19.4. The number of likely N-dealkylation sites (tertiary alicyclic amines) is 1. The molecule has 1 aromatic carbocycles. The highest BCUT2D eigenvalue weighted by molar-refractivity contribution is 5.89. The molecule has 2 saturated heterocycles. The Kier molecular flexibility index (Phi) is 5.62. The summed E-state index contributed by atoms with van der Waals surface area (Å²) in [5.41, 5.74) is -3.34. The third kappa shape index (κ3) is 3.05. The van der Waals surface area contributed by atoms with Crippen molar-refractivity contribution in [2.45, 2.75) is 18.2 Å². The normalized spacial score (nSPS) is 24.9. The van der Waals surface area contributed by atoms with Gasteiger partial charge in [-0.3, -0.25) is 9.59 Å². The molecule has 3 atom stereocenters. The van der Waals surface area contributed by atoms with E-state index >= 15 is 0 Å². The number of fused-ring (bicyclic) bond motifs is 1. The van der Waals surface area contributed by atoms with E-state index in [9.17, 15) is 22.8 Å². The first-order valence-electron chi connectivity index (χ1n) is 8.05. The molecule has 2 amide bonds. The van der Waals surface area contributed by atoms with Gasteiger partial charge in [0.2, 0.25) is 5.91 Å². The summed E-state index contributed by atoms with van der Waals surface area (Å²) in [7, 11) is 0.882. The van der Waals surface area contributed by atoms with Gasteiger partial charge in [0.25, 0.3) is 11.5 Å². The number of carbonyl (C=O) groups excluding carboxylic acids is 2. The number of alkyl halides is 3. The summed E-state index contributed by atoms with van der Waals surface area (Å²) >= 11 is 0. The number of piperidine rings is 1. The summed E-state index contributed by atoms with van der Waals surface area (Å²) in [6.07, 6.45) is -4.45. The standard InChI is InChI=1S/C17H19F3N2O3.H2O/c1-25-16(17(18,19)20,12-5-3-2-4-6-12)15(24)22-8-7-11-9-21-14(23)13(11)10-22;/h2-6,11,13H,7-10H2,1H3,(H,21,23);1H2/t11-,13-,16+;/m1./s1. The molecule has 0 radical (unpaired) electrons. The third-order valence-corrected chi connectivity index (χ3v) is 5.11. The molecule has 0 bridgehead atoms. The molecule has 0 spiro atoms. The van der Waals surface area contributed by atoms with Crippen molar-refractivity contribution in [3.8, 4) is 0 Å². The van der Waals surface area contributed by atoms with Gasteiger partial charge in [0.05, 0.1) is 5.92 Å². The maximum atomic E-state index is 14.0. The molecule has 26 heavy (non-hydrogen) atoms. The van der Waals surface area contributed by atoms with Crippen LogP contribution in [0, 0.1) is 11.8 Å². The number of hydrogen-bond donors (Lipinski definition) is 1. The molecule has 1 aromatic rings. The van der Waals surface area contributed by atoms with E-state index in [-0.39, 0.29) is 36.0 Å². The Balaban J connectivity index is 0.00000243. The van der Waals surface area contributed by atoms with E-state index in [2.05, 4.69) is 5.32 Å². The molecule has 0 aromatic heterocycles. The van der Waals surface area contributed by atoms with Gasteiger partial charge in [-0.1, -0.05) is 30.3 Å². The zero-order valence-corrected chi connectivity index (χ0v) is 14.2. The maximum absolute atomic E-state index is 14.0. The number of rotatable bonds is 3. The summed E-state index contributed by atoms with van der Waals surface area (Å²) in [4.78, 5) is 25.9. The number of ether oxygens (including phenoxy) is 1. The van der Waals surface area contributed by atoms with Gasteiger partial charge in [-0.15, -0.1) is 0 Å². The third-order valence-electron chi connectivity index (χ3n) is 5.11. The van der Waals surface area contributed by atoms with Crippen molar-refractivity contribution in [3.63, 3.8) is 0 Å². The minimum Gasteiger partial charge on any atom is -0.412 e. The van der Waals surface area contributed by atoms with E-state index in [1.54, 1.807) is 6.07 Å². The van der Waals surface area contributed by atoms with Crippen LogP contribution < -0.4 is 5.32 Å². The van der Waals surface area contributed by atoms with Crippen LogP contribution in [0.3, 0.4) is 0 Å². The smallest absolute Gasteiger partial charge is 0.412 e. The lowest BCUT2D eigenvalue weighted by Crippen LogP contribution is -2.59. The van der Waals surface area contributed by atoms with Crippen molar-refractivity contribution < 1.29 is 33.0 Å². The maximum Gasteiger partial charge on any atom is 0.430 e. The van der Waals surface area contributed by atoms with Gasteiger partial charge in [0, 0.05) is 32.3 Å². The Labute approximate surface area is 148 Å². The van der Waals surface area contributed by atoms with Gasteiger partial charge in [0.1, 0.15) is 0 Å². The lowest BCUT2D eigenvalue weighted by molar-refractivity contribution is -0.271. The van der Waals surface area contributed by atoms with Crippen LogP contribution in [0.5, 0.6) is 0 Å². The van der Waals surface area contributed by atoms with Crippen LogP contribution in [0.25, 0.3) is 0 Å². The van der Waals surface area contributed by atoms with Crippen LogP contribution in [0.1, 0.15) is 12.0 Å². The summed E-state index contributed by atoms with van der Waals surface area (Å²) < 4.78 is 46.7. The number of benzene rings is 1. The topological polar surface area (TPSA) is 90.1 Å². The molecule has 3 rings (SSSR count). The first kappa shape index (κ1) is 20.2. The Bertz CT molecular complexity index is 668. The van der Waals surface area contributed by atoms with Gasteiger partial charge in [-0.05, 0) is 12.3 Å². The average Bonchev–Trinajstić information content (AvgIpc) is 2.96. The van der Waals surface area contributed by atoms with Crippen LogP contribution in [0.15, 0.2) is 30.3 Å². The fraction of sp³-hybridized carbons (Fsp3) is 0.529. The number of carbonyl (C=O) groups is 2. The number of amides is 2. The Morgan fingerprint density at radius 3 is 2.50 bits per heavy atom. The molecule has 2 aliphatic rings. The molecule has 6 nitrogen and oxygen atoms in total. The fourth-order valence-corrected chi connectivity index (χ4v) is 3.71. The lowest BCUT2D eigenvalue weighted by Gasteiger charge is -2.41. The molecular weight excluding hydrogens is 353 g/mol. The fourth-order valence-electron chi connectivity index (χ4n) is 3.71. The van der Waals surface area contributed by atoms with E-state index in [0.29, 0.717) is 13.0 Å². The molecule has 0 saturated carbocycles. The second kappa shape index (κ2) is 7.24. The van der Waals surface area contributed by atoms with Gasteiger partial charge < -0.3 is 20.4 Å². The predicted octanol–water partition coefficient (Wildman–Crippen LogP) is 0.860. The molecule has 2 heterocycles. The first-order chi connectivity index (χ1) is 11.8. The molecule has 2 fully saturated rings. The minimum absolute atomic E-state index is 0. The molecule has 9 heteroatoms. The second-order valence-corrected chi connectivity index (χ2v) is 6.40. The SMILES string of the molecule is CO[C@](C(=O)N1CC[C@@H]2CNC(=O)[C@@H]2C1)(c1ccccc1)C(F)(F)F.O. The highest BCUT2D eigenvalue weighted by Crippen LogP contribution is 2.44. The van der Waals surface area contributed by atoms with E-state index in [4.69, 9.17) is 4.74 Å². The zero-order chi connectivity index (χ0) is 18.2. The number of hydrogen-bond acceptors (Lipinski definition) is 3. The number of halogens is 3. The molecule has 2 aliphatic heterocycles. The Morgan fingerprint density at radius 2 is 1.92 bits per heavy atom. The quantitative estimate of drug-likeness (QED) is 0.851. The summed E-state index contributed by atoms with van der Waals surface area (Å²) in [5, 5.41) is 2.71. The van der Waals surface area contributed by atoms with Crippen molar-refractivity contribution in [2.75, 3.05) is 26.7 Å². The van der Waals surface area contributed by atoms with E-state index in [0.717, 1.165) is 12.0 Å². The Morgan fingerprint density at radius 1 is 1.27 bits per heavy atom. The van der Waals surface area contributed by atoms with E-state index < -0.39 is 23.6 Å². The van der Waals surface area contributed by atoms with Crippen molar-refractivity contribution in [2.24, 2.45) is 11.8 Å². The first-order valence-corrected chi connectivity index (χ1v) is 8.05. The van der Waals surface area contributed by atoms with Crippen molar-refractivity contribution in [1.29, 1.82) is 0 Å². The number of methoxy groups -OCH3 is 1. The molecular formula is C17H21F3N2O4. The van der Waals surface area contributed by atoms with Gasteiger partial charge in [-0.25, -0.2) is 0 Å². The summed E-state index contributed by atoms with van der Waals surface area (Å²) in [6, 6.07) is 6.88. The van der Waals surface area contributed by atoms with Gasteiger partial charge in [-0.2, -0.15) is 13.2 Å². The van der Waals surface area contributed by atoms with Crippen LogP contribution >= 0.6 is 0 Å². The zero-order valence-electron chi connectivity index (χ0n) is 14.2. The summed E-state index contributed by atoms with van der Waals surface area (Å²) in [5.74, 6) is -1.78. The van der Waals surface area contributed by atoms with Crippen molar-refractivity contribution in [3.05, 3.63) is 35.9 Å². The molecule has 3 N–H and O–H groups in total. The van der Waals surface area contributed by atoms with Gasteiger partial charge in [0.15, 0.2) is 0 Å². The van der Waals surface area contributed by atoms with E-state index in [1.807, 2.05) is 0 Å². The van der Waals surface area contributed by atoms with E-state index in [1.165, 1.54) is 24.3 Å². The number of nitrogens with zero attached hydrogens (tertiary/aromatic N) is 1. The highest BCUT2D eigenvalue weighted by Gasteiger charge is 2.64. The Hall–Kier alpha value is -2.13.